The second-order valence-electron chi connectivity index (χ2n) is 1.49. The van der Waals surface area contributed by atoms with E-state index in [0.717, 1.165) is 0 Å². The predicted molar refractivity (Wildman–Crippen MR) is 31.9 cm³/mol. The number of rotatable bonds is 2. The van der Waals surface area contributed by atoms with E-state index in [9.17, 15) is 0 Å². The molecule has 1 heterocycles. The zero-order valence-electron chi connectivity index (χ0n) is 5.19. The molecule has 0 saturated heterocycles. The molecule has 3 heteroatoms. The molecule has 0 aliphatic rings. The van der Waals surface area contributed by atoms with Gasteiger partial charge in [-0.25, -0.2) is 4.98 Å². The Labute approximate surface area is 69.6 Å². The SMILES string of the molecule is C[CH-][CH]n1ccnc1.[W]. The molecule has 0 spiro atoms. The van der Waals surface area contributed by atoms with Gasteiger partial charge < -0.3 is 11.0 Å². The summed E-state index contributed by atoms with van der Waals surface area (Å²) in [6.07, 6.45) is 7.35. The molecule has 0 N–H and O–H groups in total. The molecule has 0 unspecified atom stereocenters. The maximum atomic E-state index is 3.85. The maximum absolute atomic E-state index is 3.85. The third-order valence-corrected chi connectivity index (χ3v) is 0.846. The van der Waals surface area contributed by atoms with E-state index in [0.29, 0.717) is 0 Å². The van der Waals surface area contributed by atoms with Crippen LogP contribution < -0.4 is 0 Å². The van der Waals surface area contributed by atoms with E-state index in [2.05, 4.69) is 4.98 Å². The van der Waals surface area contributed by atoms with Gasteiger partial charge in [0, 0.05) is 33.5 Å². The van der Waals surface area contributed by atoms with Gasteiger partial charge in [0.25, 0.3) is 0 Å². The van der Waals surface area contributed by atoms with Crippen molar-refractivity contribution >= 4 is 0 Å². The molecule has 0 aliphatic heterocycles. The molecule has 0 amide bonds. The molecule has 0 aromatic carbocycles. The van der Waals surface area contributed by atoms with Gasteiger partial charge in [0.2, 0.25) is 0 Å². The molecule has 0 bridgehead atoms. The van der Waals surface area contributed by atoms with Gasteiger partial charge >= 0.3 is 0 Å². The van der Waals surface area contributed by atoms with Gasteiger partial charge in [0.05, 0.1) is 6.33 Å². The van der Waals surface area contributed by atoms with Gasteiger partial charge in [-0.15, -0.1) is 0 Å². The van der Waals surface area contributed by atoms with Crippen molar-refractivity contribution in [3.8, 4) is 0 Å². The van der Waals surface area contributed by atoms with Crippen LogP contribution in [0.15, 0.2) is 18.7 Å². The van der Waals surface area contributed by atoms with Crippen molar-refractivity contribution in [3.63, 3.8) is 0 Å². The zero-order valence-corrected chi connectivity index (χ0v) is 8.12. The second kappa shape index (κ2) is 4.75. The van der Waals surface area contributed by atoms with E-state index >= 15 is 0 Å². The van der Waals surface area contributed by atoms with E-state index in [-0.39, 0.29) is 21.1 Å². The molecule has 0 saturated carbocycles. The second-order valence-corrected chi connectivity index (χ2v) is 1.49. The van der Waals surface area contributed by atoms with Crippen LogP contribution in [0.25, 0.3) is 0 Å². The minimum atomic E-state index is 0. The number of hydrogen-bond donors (Lipinski definition) is 0. The Balaban J connectivity index is 0.000000640. The summed E-state index contributed by atoms with van der Waals surface area (Å²) in [5.74, 6) is 0. The molecule has 0 aliphatic carbocycles. The van der Waals surface area contributed by atoms with Crippen LogP contribution in [0.1, 0.15) is 6.92 Å². The van der Waals surface area contributed by atoms with Gasteiger partial charge in [0.1, 0.15) is 0 Å². The van der Waals surface area contributed by atoms with Gasteiger partial charge in [-0.3, -0.25) is 0 Å². The van der Waals surface area contributed by atoms with Crippen LogP contribution >= 0.6 is 0 Å². The maximum Gasteiger partial charge on any atom is 0.0923 e. The van der Waals surface area contributed by atoms with Crippen molar-refractivity contribution in [1.82, 2.24) is 9.55 Å². The smallest absolute Gasteiger partial charge is 0.0923 e. The summed E-state index contributed by atoms with van der Waals surface area (Å²) >= 11 is 0. The first-order valence-electron chi connectivity index (χ1n) is 2.54. The third-order valence-electron chi connectivity index (χ3n) is 0.846. The Bertz CT molecular complexity index is 137. The van der Waals surface area contributed by atoms with E-state index in [1.54, 1.807) is 12.5 Å². The molecule has 49 valence electrons. The van der Waals surface area contributed by atoms with Gasteiger partial charge in [-0.1, -0.05) is 6.54 Å². The van der Waals surface area contributed by atoms with E-state index in [1.807, 2.05) is 30.7 Å². The average Bonchev–Trinajstić information content (AvgIpc) is 2.19. The van der Waals surface area contributed by atoms with Gasteiger partial charge in [0.15, 0.2) is 0 Å². The third kappa shape index (κ3) is 2.80. The summed E-state index contributed by atoms with van der Waals surface area (Å²) in [6.45, 7) is 3.91. The molecule has 2 nitrogen and oxygen atoms in total. The van der Waals surface area contributed by atoms with E-state index < -0.39 is 0 Å². The molecule has 1 rings (SSSR count). The normalized spacial score (nSPS) is 8.56. The number of aromatic nitrogens is 2. The van der Waals surface area contributed by atoms with Gasteiger partial charge in [-0.05, 0) is 0 Å². The van der Waals surface area contributed by atoms with Crippen LogP contribution in [0.2, 0.25) is 0 Å². The topological polar surface area (TPSA) is 17.8 Å². The van der Waals surface area contributed by atoms with Crippen LogP contribution in [0, 0.1) is 13.0 Å². The van der Waals surface area contributed by atoms with Crippen molar-refractivity contribution < 1.29 is 21.1 Å². The monoisotopic (exact) mass is 292 g/mol. The summed E-state index contributed by atoms with van der Waals surface area (Å²) < 4.78 is 1.89. The Hall–Kier alpha value is -0.102. The minimum Gasteiger partial charge on any atom is -0.365 e. The molecule has 0 fully saturated rings. The van der Waals surface area contributed by atoms with Crippen molar-refractivity contribution in [1.29, 1.82) is 0 Å². The summed E-state index contributed by atoms with van der Waals surface area (Å²) in [4.78, 5) is 3.85. The van der Waals surface area contributed by atoms with Crippen molar-refractivity contribution in [2.24, 2.45) is 0 Å². The molecule has 1 aromatic rings. The molecule has 1 radical (unpaired) electrons. The average molecular weight is 292 g/mol. The van der Waals surface area contributed by atoms with E-state index in [1.165, 1.54) is 0 Å². The molecule has 9 heavy (non-hydrogen) atoms. The van der Waals surface area contributed by atoms with E-state index in [4.69, 9.17) is 0 Å². The first kappa shape index (κ1) is 8.90. The largest absolute Gasteiger partial charge is 0.365 e. The Morgan fingerprint density at radius 3 is 2.89 bits per heavy atom. The number of imidazole rings is 1. The number of hydrogen-bond acceptors (Lipinski definition) is 1. The molecular weight excluding hydrogens is 284 g/mol. The van der Waals surface area contributed by atoms with Gasteiger partial charge in [-0.2, -0.15) is 6.92 Å². The fraction of sp³-hybridized carbons (Fsp3) is 0.167. The summed E-state index contributed by atoms with van der Waals surface area (Å²) in [5, 5.41) is 0. The quantitative estimate of drug-likeness (QED) is 0.747. The Kier molecular flexibility index (Phi) is 4.69. The first-order chi connectivity index (χ1) is 3.93. The Morgan fingerprint density at radius 2 is 2.44 bits per heavy atom. The van der Waals surface area contributed by atoms with Crippen LogP contribution in [-0.4, -0.2) is 9.55 Å². The van der Waals surface area contributed by atoms with Crippen LogP contribution in [-0.2, 0) is 21.1 Å². The summed E-state index contributed by atoms with van der Waals surface area (Å²) in [6, 6.07) is 0. The number of nitrogens with zero attached hydrogens (tertiary/aromatic N) is 2. The van der Waals surface area contributed by atoms with Crippen LogP contribution in [0.5, 0.6) is 0 Å². The molecular formula is C6H8N2W-. The summed E-state index contributed by atoms with van der Waals surface area (Å²) in [7, 11) is 0. The zero-order chi connectivity index (χ0) is 5.82. The van der Waals surface area contributed by atoms with Crippen molar-refractivity contribution in [3.05, 3.63) is 31.7 Å². The first-order valence-corrected chi connectivity index (χ1v) is 2.54. The van der Waals surface area contributed by atoms with Crippen LogP contribution in [0.4, 0.5) is 0 Å². The fourth-order valence-corrected chi connectivity index (χ4v) is 0.530. The Morgan fingerprint density at radius 1 is 1.67 bits per heavy atom. The molecule has 0 atom stereocenters. The van der Waals surface area contributed by atoms with Crippen molar-refractivity contribution in [2.45, 2.75) is 6.92 Å². The standard InChI is InChI=1S/C6H8N2.W/c1-2-4-8-5-3-7-6-8;/h2-6H,1H3;/q-1;. The fourth-order valence-electron chi connectivity index (χ4n) is 0.530. The van der Waals surface area contributed by atoms with Crippen molar-refractivity contribution in [2.75, 3.05) is 0 Å². The predicted octanol–water partition coefficient (Wildman–Crippen LogP) is 1.11. The summed E-state index contributed by atoms with van der Waals surface area (Å²) in [5.41, 5.74) is 0. The minimum absolute atomic E-state index is 0. The molecule has 1 aromatic heterocycles. The van der Waals surface area contributed by atoms with Crippen LogP contribution in [0.3, 0.4) is 0 Å².